The maximum atomic E-state index is 11.9. The second-order valence-electron chi connectivity index (χ2n) is 4.25. The van der Waals surface area contributed by atoms with Crippen LogP contribution in [0.5, 0.6) is 5.75 Å². The summed E-state index contributed by atoms with van der Waals surface area (Å²) in [6.07, 6.45) is 1.83. The number of benzene rings is 1. The van der Waals surface area contributed by atoms with E-state index in [4.69, 9.17) is 4.74 Å². The standard InChI is InChI=1S/C13H13N2O4/c1-8(2)12(16)15-7-14-10-6-9(4-5-11(10)15)19-13(17)18-3/h4-6,8H,1-3H3. The third-order valence-corrected chi connectivity index (χ3v) is 2.54. The van der Waals surface area contributed by atoms with Crippen LogP contribution in [0.1, 0.15) is 18.6 Å². The fourth-order valence-electron chi connectivity index (χ4n) is 1.57. The van der Waals surface area contributed by atoms with Crippen molar-refractivity contribution in [3.8, 4) is 5.75 Å². The minimum Gasteiger partial charge on any atom is -0.437 e. The van der Waals surface area contributed by atoms with Crippen LogP contribution in [0.15, 0.2) is 18.2 Å². The summed E-state index contributed by atoms with van der Waals surface area (Å²) in [5.41, 5.74) is 1.14. The Labute approximate surface area is 109 Å². The number of hydrogen-bond donors (Lipinski definition) is 0. The predicted molar refractivity (Wildman–Crippen MR) is 67.1 cm³/mol. The van der Waals surface area contributed by atoms with Crippen molar-refractivity contribution in [3.63, 3.8) is 0 Å². The van der Waals surface area contributed by atoms with Gasteiger partial charge in [0, 0.05) is 12.0 Å². The first-order valence-corrected chi connectivity index (χ1v) is 5.73. The van der Waals surface area contributed by atoms with Crippen LogP contribution in [-0.4, -0.2) is 28.7 Å². The van der Waals surface area contributed by atoms with Gasteiger partial charge in [0.1, 0.15) is 5.75 Å². The van der Waals surface area contributed by atoms with Gasteiger partial charge < -0.3 is 9.47 Å². The number of methoxy groups -OCH3 is 1. The molecule has 0 unspecified atom stereocenters. The second-order valence-corrected chi connectivity index (χ2v) is 4.25. The van der Waals surface area contributed by atoms with Gasteiger partial charge in [-0.1, -0.05) is 13.8 Å². The molecule has 0 aliphatic rings. The van der Waals surface area contributed by atoms with Crippen molar-refractivity contribution in [1.82, 2.24) is 9.55 Å². The molecule has 0 saturated heterocycles. The second kappa shape index (κ2) is 5.09. The van der Waals surface area contributed by atoms with Crippen molar-refractivity contribution < 1.29 is 19.1 Å². The van der Waals surface area contributed by atoms with E-state index < -0.39 is 6.16 Å². The van der Waals surface area contributed by atoms with E-state index in [0.29, 0.717) is 16.8 Å². The molecule has 99 valence electrons. The summed E-state index contributed by atoms with van der Waals surface area (Å²) in [6.45, 7) is 3.60. The van der Waals surface area contributed by atoms with Gasteiger partial charge in [-0.2, -0.15) is 0 Å². The monoisotopic (exact) mass is 261 g/mol. The van der Waals surface area contributed by atoms with Gasteiger partial charge in [0.05, 0.1) is 18.1 Å². The fraction of sp³-hybridized carbons (Fsp3) is 0.308. The molecule has 0 aliphatic carbocycles. The lowest BCUT2D eigenvalue weighted by molar-refractivity contribution is 0.0859. The van der Waals surface area contributed by atoms with Gasteiger partial charge in [-0.3, -0.25) is 9.36 Å². The first kappa shape index (κ1) is 13.1. The quantitative estimate of drug-likeness (QED) is 0.612. The number of carbonyl (C=O) groups excluding carboxylic acids is 2. The Morgan fingerprint density at radius 1 is 1.37 bits per heavy atom. The molecule has 0 atom stereocenters. The number of rotatable bonds is 2. The highest BCUT2D eigenvalue weighted by Gasteiger charge is 2.15. The van der Waals surface area contributed by atoms with Crippen LogP contribution in [0.4, 0.5) is 4.79 Å². The topological polar surface area (TPSA) is 70.4 Å². The molecule has 1 heterocycles. The summed E-state index contributed by atoms with van der Waals surface area (Å²) in [7, 11) is 1.23. The summed E-state index contributed by atoms with van der Waals surface area (Å²) < 4.78 is 10.6. The molecular weight excluding hydrogens is 248 g/mol. The number of aromatic nitrogens is 2. The van der Waals surface area contributed by atoms with Gasteiger partial charge >= 0.3 is 6.16 Å². The molecule has 0 aliphatic heterocycles. The minimum atomic E-state index is -0.805. The molecule has 0 fully saturated rings. The lowest BCUT2D eigenvalue weighted by atomic mass is 10.2. The maximum Gasteiger partial charge on any atom is 0.513 e. The first-order chi connectivity index (χ1) is 9.02. The third kappa shape index (κ3) is 2.57. The highest BCUT2D eigenvalue weighted by Crippen LogP contribution is 2.20. The Morgan fingerprint density at radius 2 is 2.11 bits per heavy atom. The molecule has 0 amide bonds. The number of fused-ring (bicyclic) bond motifs is 1. The molecule has 19 heavy (non-hydrogen) atoms. The van der Waals surface area contributed by atoms with E-state index in [-0.39, 0.29) is 11.8 Å². The molecule has 1 radical (unpaired) electrons. The van der Waals surface area contributed by atoms with E-state index in [0.717, 1.165) is 0 Å². The van der Waals surface area contributed by atoms with Crippen molar-refractivity contribution in [2.24, 2.45) is 5.92 Å². The van der Waals surface area contributed by atoms with Crippen LogP contribution in [0.2, 0.25) is 0 Å². The molecule has 1 aromatic carbocycles. The number of nitrogens with zero attached hydrogens (tertiary/aromatic N) is 2. The Bertz CT molecular complexity index is 631. The van der Waals surface area contributed by atoms with Gasteiger partial charge in [0.25, 0.3) is 0 Å². The Morgan fingerprint density at radius 3 is 2.74 bits per heavy atom. The van der Waals surface area contributed by atoms with E-state index in [9.17, 15) is 9.59 Å². The Hall–Kier alpha value is -2.37. The van der Waals surface area contributed by atoms with E-state index >= 15 is 0 Å². The number of ether oxygens (including phenoxy) is 2. The number of imidazole rings is 1. The summed E-state index contributed by atoms with van der Waals surface area (Å²) in [4.78, 5) is 26.9. The smallest absolute Gasteiger partial charge is 0.437 e. The third-order valence-electron chi connectivity index (χ3n) is 2.54. The fourth-order valence-corrected chi connectivity index (χ4v) is 1.57. The number of carbonyl (C=O) groups is 2. The van der Waals surface area contributed by atoms with Crippen LogP contribution >= 0.6 is 0 Å². The molecule has 2 rings (SSSR count). The highest BCUT2D eigenvalue weighted by molar-refractivity contribution is 5.91. The normalized spacial score (nSPS) is 10.7. The summed E-state index contributed by atoms with van der Waals surface area (Å²) in [5.74, 6) is 0.0544. The van der Waals surface area contributed by atoms with Crippen LogP contribution < -0.4 is 4.74 Å². The zero-order chi connectivity index (χ0) is 14.0. The molecule has 6 nitrogen and oxygen atoms in total. The van der Waals surface area contributed by atoms with Crippen molar-refractivity contribution >= 4 is 23.1 Å². The molecule has 0 saturated carbocycles. The van der Waals surface area contributed by atoms with Crippen LogP contribution in [0.3, 0.4) is 0 Å². The number of hydrogen-bond acceptors (Lipinski definition) is 5. The largest absolute Gasteiger partial charge is 0.513 e. The average molecular weight is 261 g/mol. The van der Waals surface area contributed by atoms with Crippen LogP contribution in [0, 0.1) is 12.2 Å². The van der Waals surface area contributed by atoms with Gasteiger partial charge in [-0.05, 0) is 12.1 Å². The predicted octanol–water partition coefficient (Wildman–Crippen LogP) is 2.28. The molecule has 0 bridgehead atoms. The lowest BCUT2D eigenvalue weighted by Crippen LogP contribution is -2.15. The zero-order valence-corrected chi connectivity index (χ0v) is 10.8. The Balaban J connectivity index is 2.37. The Kier molecular flexibility index (Phi) is 3.50. The summed E-state index contributed by atoms with van der Waals surface area (Å²) >= 11 is 0. The lowest BCUT2D eigenvalue weighted by Gasteiger charge is -2.06. The molecule has 2 aromatic rings. The molecule has 0 N–H and O–H groups in total. The van der Waals surface area contributed by atoms with E-state index in [1.807, 2.05) is 0 Å². The van der Waals surface area contributed by atoms with Crippen LogP contribution in [0.25, 0.3) is 11.0 Å². The summed E-state index contributed by atoms with van der Waals surface area (Å²) in [6, 6.07) is 4.77. The highest BCUT2D eigenvalue weighted by atomic mass is 16.7. The van der Waals surface area contributed by atoms with Crippen molar-refractivity contribution in [2.75, 3.05) is 7.11 Å². The van der Waals surface area contributed by atoms with E-state index in [1.54, 1.807) is 32.0 Å². The summed E-state index contributed by atoms with van der Waals surface area (Å²) in [5, 5.41) is 0. The van der Waals surface area contributed by atoms with Crippen molar-refractivity contribution in [1.29, 1.82) is 0 Å². The zero-order valence-electron chi connectivity index (χ0n) is 10.8. The van der Waals surface area contributed by atoms with Gasteiger partial charge in [-0.15, -0.1) is 0 Å². The molecular formula is C13H13N2O4. The van der Waals surface area contributed by atoms with Crippen molar-refractivity contribution in [3.05, 3.63) is 24.5 Å². The molecule has 6 heteroatoms. The van der Waals surface area contributed by atoms with Crippen molar-refractivity contribution in [2.45, 2.75) is 13.8 Å². The maximum absolute atomic E-state index is 11.9. The first-order valence-electron chi connectivity index (χ1n) is 5.73. The van der Waals surface area contributed by atoms with Crippen LogP contribution in [-0.2, 0) is 4.74 Å². The van der Waals surface area contributed by atoms with Gasteiger partial charge in [0.15, 0.2) is 6.33 Å². The van der Waals surface area contributed by atoms with E-state index in [2.05, 4.69) is 16.0 Å². The van der Waals surface area contributed by atoms with Gasteiger partial charge in [0.2, 0.25) is 5.91 Å². The molecule has 0 spiro atoms. The van der Waals surface area contributed by atoms with Gasteiger partial charge in [-0.25, -0.2) is 9.78 Å². The minimum absolute atomic E-state index is 0.0934. The van der Waals surface area contributed by atoms with E-state index in [1.165, 1.54) is 11.7 Å². The molecule has 1 aromatic heterocycles. The average Bonchev–Trinajstić information content (AvgIpc) is 2.80. The SMILES string of the molecule is COC(=O)Oc1ccc2c(c1)n[c]n2C(=O)C(C)C.